The fourth-order valence-corrected chi connectivity index (χ4v) is 6.07. The lowest BCUT2D eigenvalue weighted by Crippen LogP contribution is -2.18. The normalized spacial score (nSPS) is 12.8. The van der Waals surface area contributed by atoms with Crippen LogP contribution >= 0.6 is 22.9 Å². The van der Waals surface area contributed by atoms with Crippen LogP contribution in [0.1, 0.15) is 30.7 Å². The summed E-state index contributed by atoms with van der Waals surface area (Å²) in [6.07, 6.45) is -1.50. The number of thiophene rings is 1. The molecule has 0 radical (unpaired) electrons. The Bertz CT molecular complexity index is 1570. The van der Waals surface area contributed by atoms with Gasteiger partial charge in [-0.1, -0.05) is 23.7 Å². The summed E-state index contributed by atoms with van der Waals surface area (Å²) in [5.74, 6) is 0. The van der Waals surface area contributed by atoms with Crippen LogP contribution in [0, 0.1) is 6.92 Å². The van der Waals surface area contributed by atoms with Gasteiger partial charge in [0.1, 0.15) is 17.0 Å². The second-order valence-corrected chi connectivity index (χ2v) is 12.2. The summed E-state index contributed by atoms with van der Waals surface area (Å²) in [5, 5.41) is 14.9. The van der Waals surface area contributed by atoms with E-state index in [1.165, 1.54) is 37.3 Å². The average Bonchev–Trinajstić information content (AvgIpc) is 3.32. The largest absolute Gasteiger partial charge is 0.418 e. The zero-order valence-electron chi connectivity index (χ0n) is 19.6. The molecular weight excluding hydrogens is 535 g/mol. The maximum absolute atomic E-state index is 13.9. The Morgan fingerprint density at radius 3 is 2.44 bits per heavy atom. The fraction of sp³-hybridized carbons (Fsp3) is 0.250. The number of benzene rings is 1. The van der Waals surface area contributed by atoms with Gasteiger partial charge in [-0.15, -0.1) is 11.3 Å². The molecule has 4 aromatic rings. The van der Waals surface area contributed by atoms with Crippen LogP contribution in [-0.4, -0.2) is 34.5 Å². The summed E-state index contributed by atoms with van der Waals surface area (Å²) >= 11 is 7.88. The van der Waals surface area contributed by atoms with Gasteiger partial charge in [0.25, 0.3) is 0 Å². The van der Waals surface area contributed by atoms with Gasteiger partial charge in [-0.3, -0.25) is 4.98 Å². The maximum atomic E-state index is 13.9. The van der Waals surface area contributed by atoms with Crippen LogP contribution in [0.4, 0.5) is 13.2 Å². The van der Waals surface area contributed by atoms with Gasteiger partial charge in [-0.2, -0.15) is 18.3 Å². The Kier molecular flexibility index (Phi) is 6.57. The molecule has 3 aromatic heterocycles. The number of halogens is 4. The van der Waals surface area contributed by atoms with Crippen molar-refractivity contribution in [3.8, 4) is 26.7 Å². The molecule has 190 valence electrons. The molecule has 0 spiro atoms. The lowest BCUT2D eigenvalue weighted by atomic mass is 10.0. The van der Waals surface area contributed by atoms with Crippen molar-refractivity contribution in [1.82, 2.24) is 14.8 Å². The molecule has 0 unspecified atom stereocenters. The number of aromatic nitrogens is 3. The van der Waals surface area contributed by atoms with Crippen molar-refractivity contribution in [2.75, 3.05) is 6.26 Å². The first-order valence-electron chi connectivity index (χ1n) is 10.5. The van der Waals surface area contributed by atoms with Gasteiger partial charge in [0.2, 0.25) is 0 Å². The Morgan fingerprint density at radius 1 is 1.14 bits per heavy atom. The van der Waals surface area contributed by atoms with Crippen molar-refractivity contribution < 1.29 is 26.7 Å². The maximum Gasteiger partial charge on any atom is 0.418 e. The number of hydrogen-bond donors (Lipinski definition) is 1. The van der Waals surface area contributed by atoms with Gasteiger partial charge in [0.05, 0.1) is 32.2 Å². The first kappa shape index (κ1) is 26.3. The van der Waals surface area contributed by atoms with Gasteiger partial charge in [0, 0.05) is 17.3 Å². The molecule has 0 bridgehead atoms. The van der Waals surface area contributed by atoms with Crippen LogP contribution in [-0.2, 0) is 21.6 Å². The van der Waals surface area contributed by atoms with E-state index in [0.29, 0.717) is 20.9 Å². The Hall–Kier alpha value is -2.73. The van der Waals surface area contributed by atoms with E-state index in [2.05, 4.69) is 10.1 Å². The summed E-state index contributed by atoms with van der Waals surface area (Å²) < 4.78 is 66.6. The number of hydrogen-bond acceptors (Lipinski definition) is 6. The molecule has 0 fully saturated rings. The summed E-state index contributed by atoms with van der Waals surface area (Å²) in [6.45, 7) is 4.64. The molecule has 12 heteroatoms. The fourth-order valence-electron chi connectivity index (χ4n) is 3.69. The molecule has 4 rings (SSSR count). The minimum atomic E-state index is -4.69. The second-order valence-electron chi connectivity index (χ2n) is 8.80. The van der Waals surface area contributed by atoms with Gasteiger partial charge < -0.3 is 5.11 Å². The van der Waals surface area contributed by atoms with E-state index in [1.54, 1.807) is 25.1 Å². The summed E-state index contributed by atoms with van der Waals surface area (Å²) in [6, 6.07) is 9.04. The lowest BCUT2D eigenvalue weighted by Gasteiger charge is -2.15. The third-order valence-electron chi connectivity index (χ3n) is 5.42. The van der Waals surface area contributed by atoms with Crippen LogP contribution in [0.3, 0.4) is 0 Å². The molecule has 6 nitrogen and oxygen atoms in total. The molecule has 3 heterocycles. The zero-order valence-corrected chi connectivity index (χ0v) is 21.9. The van der Waals surface area contributed by atoms with Crippen LogP contribution in [0.15, 0.2) is 53.7 Å². The second kappa shape index (κ2) is 8.98. The van der Waals surface area contributed by atoms with Crippen LogP contribution in [0.5, 0.6) is 0 Å². The SMILES string of the molecule is Cc1cc(-c2cccc(S(C)(=O)=O)c2)sc1-c1c(Cl)c(C(C)(C)O)nn1-c1cnccc1C(F)(F)F. The Balaban J connectivity index is 1.99. The number of sulfone groups is 1. The third-order valence-corrected chi connectivity index (χ3v) is 8.18. The number of alkyl halides is 3. The molecule has 1 N–H and O–H groups in total. The zero-order chi connectivity index (χ0) is 26.6. The predicted molar refractivity (Wildman–Crippen MR) is 133 cm³/mol. The van der Waals surface area contributed by atoms with Crippen molar-refractivity contribution in [1.29, 1.82) is 0 Å². The minimum absolute atomic E-state index is 0.000800. The molecule has 0 saturated carbocycles. The minimum Gasteiger partial charge on any atom is -0.384 e. The molecule has 0 aliphatic heterocycles. The quantitative estimate of drug-likeness (QED) is 0.313. The van der Waals surface area contributed by atoms with Crippen molar-refractivity contribution in [2.45, 2.75) is 37.4 Å². The highest BCUT2D eigenvalue weighted by Crippen LogP contribution is 2.45. The Labute approximate surface area is 214 Å². The predicted octanol–water partition coefficient (Wildman–Crippen LogP) is 6.27. The summed E-state index contributed by atoms with van der Waals surface area (Å²) in [7, 11) is -3.44. The van der Waals surface area contributed by atoms with E-state index in [9.17, 15) is 26.7 Å². The molecule has 0 aliphatic rings. The highest BCUT2D eigenvalue weighted by atomic mass is 35.5. The molecule has 0 aliphatic carbocycles. The number of aliphatic hydroxyl groups is 1. The van der Waals surface area contributed by atoms with Gasteiger partial charge in [0.15, 0.2) is 9.84 Å². The van der Waals surface area contributed by atoms with E-state index in [-0.39, 0.29) is 27.0 Å². The van der Waals surface area contributed by atoms with E-state index >= 15 is 0 Å². The first-order valence-corrected chi connectivity index (χ1v) is 13.6. The molecule has 36 heavy (non-hydrogen) atoms. The van der Waals surface area contributed by atoms with Crippen LogP contribution in [0.2, 0.25) is 5.02 Å². The topological polar surface area (TPSA) is 85.1 Å². The van der Waals surface area contributed by atoms with Gasteiger partial charge >= 0.3 is 6.18 Å². The van der Waals surface area contributed by atoms with Gasteiger partial charge in [-0.25, -0.2) is 13.1 Å². The summed E-state index contributed by atoms with van der Waals surface area (Å²) in [5.41, 5.74) is -1.37. The van der Waals surface area contributed by atoms with E-state index in [4.69, 9.17) is 11.6 Å². The monoisotopic (exact) mass is 555 g/mol. The highest BCUT2D eigenvalue weighted by molar-refractivity contribution is 7.90. The van der Waals surface area contributed by atoms with E-state index in [1.807, 2.05) is 0 Å². The number of rotatable bonds is 5. The first-order chi connectivity index (χ1) is 16.6. The van der Waals surface area contributed by atoms with Crippen LogP contribution in [0.25, 0.3) is 26.7 Å². The highest BCUT2D eigenvalue weighted by Gasteiger charge is 2.37. The number of nitrogens with zero attached hydrogens (tertiary/aromatic N) is 3. The van der Waals surface area contributed by atoms with Crippen molar-refractivity contribution in [3.63, 3.8) is 0 Å². The molecule has 1 aromatic carbocycles. The number of pyridine rings is 1. The molecule has 0 saturated heterocycles. The van der Waals surface area contributed by atoms with Crippen LogP contribution < -0.4 is 0 Å². The van der Waals surface area contributed by atoms with E-state index < -0.39 is 27.2 Å². The Morgan fingerprint density at radius 2 is 1.83 bits per heavy atom. The summed E-state index contributed by atoms with van der Waals surface area (Å²) in [4.78, 5) is 5.20. The molecular formula is C24H21ClF3N3O3S2. The molecule has 0 atom stereocenters. The molecule has 0 amide bonds. The van der Waals surface area contributed by atoms with Gasteiger partial charge in [-0.05, 0) is 56.2 Å². The average molecular weight is 556 g/mol. The lowest BCUT2D eigenvalue weighted by molar-refractivity contribution is -0.137. The number of aryl methyl sites for hydroxylation is 1. The van der Waals surface area contributed by atoms with Crippen molar-refractivity contribution in [2.24, 2.45) is 0 Å². The standard InChI is InChI=1S/C24H21ClF3N3O3S2/c1-13-10-18(14-6-5-7-15(11-14)36(4,33)34)35-21(13)20-19(25)22(23(2,3)32)30-31(20)17-12-29-9-8-16(17)24(26,27)28/h5-12,32H,1-4H3. The van der Waals surface area contributed by atoms with Crippen molar-refractivity contribution in [3.05, 3.63) is 70.6 Å². The smallest absolute Gasteiger partial charge is 0.384 e. The van der Waals surface area contributed by atoms with E-state index in [0.717, 1.165) is 29.4 Å². The third kappa shape index (κ3) is 4.93. The van der Waals surface area contributed by atoms with Crippen molar-refractivity contribution >= 4 is 32.8 Å².